The number of fused-ring (bicyclic) bond motifs is 1. The molecule has 0 bridgehead atoms. The normalized spacial score (nSPS) is 11.1. The molecule has 0 atom stereocenters. The maximum atomic E-state index is 11.7. The first kappa shape index (κ1) is 11.7. The number of carbonyl (C=O) groups excluding carboxylic acids is 1. The highest BCUT2D eigenvalue weighted by Crippen LogP contribution is 2.17. The summed E-state index contributed by atoms with van der Waals surface area (Å²) in [5, 5.41) is 4.07. The molecule has 0 saturated carbocycles. The van der Waals surface area contributed by atoms with Crippen molar-refractivity contribution in [2.75, 3.05) is 0 Å². The summed E-state index contributed by atoms with van der Waals surface area (Å²) in [7, 11) is 0. The van der Waals surface area contributed by atoms with Crippen molar-refractivity contribution in [2.45, 2.75) is 33.4 Å². The summed E-state index contributed by atoms with van der Waals surface area (Å²) in [5.74, 6) is 0.0546. The maximum absolute atomic E-state index is 11.7. The van der Waals surface area contributed by atoms with Crippen LogP contribution in [0.3, 0.4) is 0 Å². The number of amides is 1. The number of benzene rings is 1. The fourth-order valence-electron chi connectivity index (χ4n) is 1.95. The molecule has 2 rings (SSSR count). The van der Waals surface area contributed by atoms with Crippen molar-refractivity contribution >= 4 is 16.8 Å². The molecule has 0 unspecified atom stereocenters. The average Bonchev–Trinajstić information content (AvgIpc) is 2.60. The van der Waals surface area contributed by atoms with Gasteiger partial charge in [0.05, 0.1) is 0 Å². The van der Waals surface area contributed by atoms with E-state index in [0.717, 1.165) is 5.52 Å². The zero-order valence-electron chi connectivity index (χ0n) is 10.5. The average molecular weight is 230 g/mol. The Labute approximate surface area is 101 Å². The van der Waals surface area contributed by atoms with E-state index in [1.165, 1.54) is 10.9 Å². The van der Waals surface area contributed by atoms with Crippen LogP contribution in [0.4, 0.5) is 0 Å². The van der Waals surface area contributed by atoms with E-state index in [2.05, 4.69) is 30.4 Å². The molecule has 2 aromatic rings. The number of hydrogen-bond acceptors (Lipinski definition) is 1. The predicted molar refractivity (Wildman–Crippen MR) is 70.0 cm³/mol. The molecule has 0 spiro atoms. The first-order valence-corrected chi connectivity index (χ1v) is 5.91. The molecular formula is C14H18N2O. The van der Waals surface area contributed by atoms with Crippen molar-refractivity contribution in [3.63, 3.8) is 0 Å². The second-order valence-electron chi connectivity index (χ2n) is 4.73. The summed E-state index contributed by atoms with van der Waals surface area (Å²) in [6.45, 7) is 6.38. The molecule has 1 aromatic carbocycles. The molecule has 1 N–H and O–H groups in total. The molecule has 0 radical (unpaired) electrons. The number of hydrogen-bond donors (Lipinski definition) is 1. The van der Waals surface area contributed by atoms with Gasteiger partial charge in [-0.3, -0.25) is 4.79 Å². The number of rotatable bonds is 3. The number of carbonyl (C=O) groups is 1. The summed E-state index contributed by atoms with van der Waals surface area (Å²) < 4.78 is 1.99. The van der Waals surface area contributed by atoms with Crippen LogP contribution in [0.1, 0.15) is 19.4 Å². The van der Waals surface area contributed by atoms with Gasteiger partial charge < -0.3 is 9.88 Å². The van der Waals surface area contributed by atoms with Gasteiger partial charge in [-0.05, 0) is 43.9 Å². The van der Waals surface area contributed by atoms with E-state index in [4.69, 9.17) is 0 Å². The van der Waals surface area contributed by atoms with Gasteiger partial charge in [-0.2, -0.15) is 0 Å². The lowest BCUT2D eigenvalue weighted by Gasteiger charge is -2.10. The zero-order chi connectivity index (χ0) is 12.4. The lowest BCUT2D eigenvalue weighted by atomic mass is 10.2. The van der Waals surface area contributed by atoms with Crippen LogP contribution in [0.5, 0.6) is 0 Å². The molecule has 3 nitrogen and oxygen atoms in total. The van der Waals surface area contributed by atoms with Crippen LogP contribution < -0.4 is 5.32 Å². The van der Waals surface area contributed by atoms with E-state index in [9.17, 15) is 4.79 Å². The quantitative estimate of drug-likeness (QED) is 0.863. The van der Waals surface area contributed by atoms with Crippen molar-refractivity contribution in [1.82, 2.24) is 9.88 Å². The molecular weight excluding hydrogens is 212 g/mol. The van der Waals surface area contributed by atoms with Gasteiger partial charge in [0.1, 0.15) is 6.54 Å². The van der Waals surface area contributed by atoms with Crippen LogP contribution in [-0.4, -0.2) is 16.5 Å². The minimum atomic E-state index is 0.0546. The van der Waals surface area contributed by atoms with Gasteiger partial charge in [0.2, 0.25) is 5.91 Å². The van der Waals surface area contributed by atoms with Crippen molar-refractivity contribution < 1.29 is 4.79 Å². The summed E-state index contributed by atoms with van der Waals surface area (Å²) in [4.78, 5) is 11.7. The van der Waals surface area contributed by atoms with Gasteiger partial charge in [-0.15, -0.1) is 0 Å². The minimum Gasteiger partial charge on any atom is -0.352 e. The van der Waals surface area contributed by atoms with E-state index in [-0.39, 0.29) is 11.9 Å². The largest absolute Gasteiger partial charge is 0.352 e. The monoisotopic (exact) mass is 230 g/mol. The zero-order valence-corrected chi connectivity index (χ0v) is 10.5. The fraction of sp³-hybridized carbons (Fsp3) is 0.357. The number of nitrogens with zero attached hydrogens (tertiary/aromatic N) is 1. The van der Waals surface area contributed by atoms with Gasteiger partial charge in [0.25, 0.3) is 0 Å². The van der Waals surface area contributed by atoms with E-state index >= 15 is 0 Å². The molecule has 1 amide bonds. The highest BCUT2D eigenvalue weighted by atomic mass is 16.2. The Hall–Kier alpha value is -1.77. The van der Waals surface area contributed by atoms with Crippen LogP contribution in [0.2, 0.25) is 0 Å². The Balaban J connectivity index is 2.24. The SMILES string of the molecule is Cc1ccc2ccn(CC(=O)NC(C)C)c2c1. The Morgan fingerprint density at radius 3 is 2.82 bits per heavy atom. The van der Waals surface area contributed by atoms with Gasteiger partial charge in [-0.25, -0.2) is 0 Å². The third kappa shape index (κ3) is 2.67. The standard InChI is InChI=1S/C14H18N2O/c1-10(2)15-14(17)9-16-7-6-12-5-4-11(3)8-13(12)16/h4-8,10H,9H2,1-3H3,(H,15,17). The van der Waals surface area contributed by atoms with Crippen LogP contribution in [0.15, 0.2) is 30.5 Å². The van der Waals surface area contributed by atoms with E-state index in [1.807, 2.05) is 30.7 Å². The highest BCUT2D eigenvalue weighted by Gasteiger charge is 2.07. The van der Waals surface area contributed by atoms with Crippen molar-refractivity contribution in [2.24, 2.45) is 0 Å². The molecule has 0 aliphatic carbocycles. The van der Waals surface area contributed by atoms with E-state index in [0.29, 0.717) is 6.54 Å². The second kappa shape index (κ2) is 4.62. The van der Waals surface area contributed by atoms with Crippen LogP contribution >= 0.6 is 0 Å². The molecule has 3 heteroatoms. The number of nitrogens with one attached hydrogen (secondary N) is 1. The first-order chi connectivity index (χ1) is 8.06. The molecule has 17 heavy (non-hydrogen) atoms. The van der Waals surface area contributed by atoms with Crippen molar-refractivity contribution in [3.05, 3.63) is 36.0 Å². The topological polar surface area (TPSA) is 34.0 Å². The fourth-order valence-corrected chi connectivity index (χ4v) is 1.95. The molecule has 0 aliphatic rings. The predicted octanol–water partition coefficient (Wildman–Crippen LogP) is 2.47. The molecule has 0 saturated heterocycles. The number of aryl methyl sites for hydroxylation is 1. The second-order valence-corrected chi connectivity index (χ2v) is 4.73. The Bertz CT molecular complexity index is 540. The van der Waals surface area contributed by atoms with E-state index in [1.54, 1.807) is 0 Å². The number of aromatic nitrogens is 1. The Kier molecular flexibility index (Phi) is 3.18. The lowest BCUT2D eigenvalue weighted by Crippen LogP contribution is -2.32. The Morgan fingerprint density at radius 2 is 2.12 bits per heavy atom. The summed E-state index contributed by atoms with van der Waals surface area (Å²) in [6.07, 6.45) is 1.96. The molecule has 0 fully saturated rings. The third-order valence-corrected chi connectivity index (χ3v) is 2.69. The summed E-state index contributed by atoms with van der Waals surface area (Å²) in [5.41, 5.74) is 2.32. The molecule has 90 valence electrons. The van der Waals surface area contributed by atoms with Crippen LogP contribution in [-0.2, 0) is 11.3 Å². The van der Waals surface area contributed by atoms with Gasteiger partial charge in [-0.1, -0.05) is 12.1 Å². The van der Waals surface area contributed by atoms with Crippen molar-refractivity contribution in [1.29, 1.82) is 0 Å². The minimum absolute atomic E-state index is 0.0546. The smallest absolute Gasteiger partial charge is 0.240 e. The molecule has 1 aromatic heterocycles. The van der Waals surface area contributed by atoms with Gasteiger partial charge >= 0.3 is 0 Å². The third-order valence-electron chi connectivity index (χ3n) is 2.69. The van der Waals surface area contributed by atoms with Crippen LogP contribution in [0, 0.1) is 6.92 Å². The maximum Gasteiger partial charge on any atom is 0.240 e. The highest BCUT2D eigenvalue weighted by molar-refractivity contribution is 5.83. The first-order valence-electron chi connectivity index (χ1n) is 5.91. The summed E-state index contributed by atoms with van der Waals surface area (Å²) >= 11 is 0. The lowest BCUT2D eigenvalue weighted by molar-refractivity contribution is -0.122. The Morgan fingerprint density at radius 1 is 1.35 bits per heavy atom. The molecule has 0 aliphatic heterocycles. The van der Waals surface area contributed by atoms with E-state index < -0.39 is 0 Å². The summed E-state index contributed by atoms with van der Waals surface area (Å²) in [6, 6.07) is 8.50. The van der Waals surface area contributed by atoms with Crippen LogP contribution in [0.25, 0.3) is 10.9 Å². The van der Waals surface area contributed by atoms with Crippen molar-refractivity contribution in [3.8, 4) is 0 Å². The van der Waals surface area contributed by atoms with Gasteiger partial charge in [0, 0.05) is 17.8 Å². The molecule has 1 heterocycles. The van der Waals surface area contributed by atoms with Gasteiger partial charge in [0.15, 0.2) is 0 Å².